The first kappa shape index (κ1) is 20.5. The van der Waals surface area contributed by atoms with E-state index in [9.17, 15) is 14.9 Å². The third kappa shape index (κ3) is 3.48. The molecule has 1 N–H and O–H groups in total. The number of Topliss-reactive ketones (excluding diaryl/α,β-unsaturated/α-hetero) is 1. The number of anilines is 1. The van der Waals surface area contributed by atoms with Crippen LogP contribution < -0.4 is 5.32 Å². The molecule has 3 aromatic rings. The highest BCUT2D eigenvalue weighted by atomic mass is 35.5. The molecule has 0 amide bonds. The molecule has 1 aromatic heterocycles. The fourth-order valence-electron chi connectivity index (χ4n) is 4.57. The normalized spacial score (nSPS) is 19.2. The average molecular weight is 449 g/mol. The SMILES string of the molecule is CC1(C)CC(=O)C2=C(C1)Nc1cc(-c3ccc([N+](=O)[O-])cc3)nn1C2c1ccc(Cl)cc1. The molecular weight excluding hydrogens is 428 g/mol. The van der Waals surface area contributed by atoms with E-state index < -0.39 is 4.92 Å². The van der Waals surface area contributed by atoms with Gasteiger partial charge in [0.25, 0.3) is 5.69 Å². The van der Waals surface area contributed by atoms with E-state index in [1.54, 1.807) is 12.1 Å². The second-order valence-electron chi connectivity index (χ2n) is 9.08. The summed E-state index contributed by atoms with van der Waals surface area (Å²) < 4.78 is 1.83. The van der Waals surface area contributed by atoms with Crippen molar-refractivity contribution in [2.24, 2.45) is 5.41 Å². The van der Waals surface area contributed by atoms with E-state index in [0.29, 0.717) is 17.1 Å². The predicted molar refractivity (Wildman–Crippen MR) is 123 cm³/mol. The molecule has 0 saturated carbocycles. The Balaban J connectivity index is 1.63. The number of carbonyl (C=O) groups excluding carboxylic acids is 1. The number of halogens is 1. The van der Waals surface area contributed by atoms with Gasteiger partial charge in [0, 0.05) is 46.5 Å². The van der Waals surface area contributed by atoms with E-state index in [1.165, 1.54) is 12.1 Å². The van der Waals surface area contributed by atoms with Gasteiger partial charge in [-0.1, -0.05) is 37.6 Å². The number of aromatic nitrogens is 2. The molecule has 1 aliphatic carbocycles. The first-order valence-corrected chi connectivity index (χ1v) is 10.7. The molecule has 0 spiro atoms. The zero-order chi connectivity index (χ0) is 22.6. The Bertz CT molecular complexity index is 1270. The quantitative estimate of drug-likeness (QED) is 0.405. The van der Waals surface area contributed by atoms with E-state index in [2.05, 4.69) is 19.2 Å². The summed E-state index contributed by atoms with van der Waals surface area (Å²) in [7, 11) is 0. The number of rotatable bonds is 3. The highest BCUT2D eigenvalue weighted by Gasteiger charge is 2.41. The molecule has 0 saturated heterocycles. The van der Waals surface area contributed by atoms with Crippen LogP contribution in [0.4, 0.5) is 11.5 Å². The van der Waals surface area contributed by atoms with E-state index >= 15 is 0 Å². The van der Waals surface area contributed by atoms with Crippen molar-refractivity contribution in [2.75, 3.05) is 5.32 Å². The fourth-order valence-corrected chi connectivity index (χ4v) is 4.70. The Morgan fingerprint density at radius 2 is 1.81 bits per heavy atom. The predicted octanol–water partition coefficient (Wildman–Crippen LogP) is 5.77. The van der Waals surface area contributed by atoms with Crippen LogP contribution in [-0.4, -0.2) is 20.5 Å². The Labute approximate surface area is 189 Å². The topological polar surface area (TPSA) is 90.1 Å². The second kappa shape index (κ2) is 7.31. The van der Waals surface area contributed by atoms with Gasteiger partial charge in [0.1, 0.15) is 11.9 Å². The minimum Gasteiger partial charge on any atom is -0.343 e. The van der Waals surface area contributed by atoms with Crippen molar-refractivity contribution in [3.8, 4) is 11.3 Å². The lowest BCUT2D eigenvalue weighted by atomic mass is 9.73. The van der Waals surface area contributed by atoms with Crippen LogP contribution in [0.25, 0.3) is 11.3 Å². The highest BCUT2D eigenvalue weighted by molar-refractivity contribution is 6.30. The minimum atomic E-state index is -0.425. The van der Waals surface area contributed by atoms with Gasteiger partial charge < -0.3 is 5.32 Å². The summed E-state index contributed by atoms with van der Waals surface area (Å²) in [5.41, 5.74) is 3.92. The third-order valence-corrected chi connectivity index (χ3v) is 6.26. The molecule has 1 unspecified atom stereocenters. The first-order chi connectivity index (χ1) is 15.2. The molecule has 2 aromatic carbocycles. The lowest BCUT2D eigenvalue weighted by Gasteiger charge is -2.38. The molecule has 32 heavy (non-hydrogen) atoms. The number of nitro groups is 1. The van der Waals surface area contributed by atoms with E-state index in [0.717, 1.165) is 34.6 Å². The maximum absolute atomic E-state index is 13.3. The zero-order valence-corrected chi connectivity index (χ0v) is 18.4. The third-order valence-electron chi connectivity index (χ3n) is 6.01. The largest absolute Gasteiger partial charge is 0.343 e. The van der Waals surface area contributed by atoms with Gasteiger partial charge in [0.05, 0.1) is 10.6 Å². The standard InChI is InChI=1S/C24H21ClN4O3/c1-24(2)12-19-22(20(30)13-24)23(15-3-7-16(25)8-4-15)28-21(26-19)11-18(27-28)14-5-9-17(10-6-14)29(31)32/h3-11,23,26H,12-13H2,1-2H3. The van der Waals surface area contributed by atoms with Crippen molar-refractivity contribution in [1.29, 1.82) is 0 Å². The van der Waals surface area contributed by atoms with Gasteiger partial charge in [-0.15, -0.1) is 0 Å². The molecule has 0 radical (unpaired) electrons. The average Bonchev–Trinajstić information content (AvgIpc) is 3.16. The Hall–Kier alpha value is -3.45. The van der Waals surface area contributed by atoms with Gasteiger partial charge in [-0.05, 0) is 41.7 Å². The van der Waals surface area contributed by atoms with Crippen molar-refractivity contribution in [2.45, 2.75) is 32.7 Å². The summed E-state index contributed by atoms with van der Waals surface area (Å²) in [6.45, 7) is 4.20. The van der Waals surface area contributed by atoms with Gasteiger partial charge in [0.2, 0.25) is 0 Å². The Kier molecular flexibility index (Phi) is 4.67. The van der Waals surface area contributed by atoms with Crippen molar-refractivity contribution in [1.82, 2.24) is 9.78 Å². The number of non-ortho nitro benzene ring substituents is 1. The molecule has 2 heterocycles. The molecule has 5 rings (SSSR count). The van der Waals surface area contributed by atoms with Gasteiger partial charge in [-0.2, -0.15) is 5.10 Å². The van der Waals surface area contributed by atoms with Gasteiger partial charge in [-0.3, -0.25) is 14.9 Å². The van der Waals surface area contributed by atoms with Crippen LogP contribution in [0.3, 0.4) is 0 Å². The van der Waals surface area contributed by atoms with Crippen LogP contribution in [0.2, 0.25) is 5.02 Å². The number of hydrogen-bond acceptors (Lipinski definition) is 5. The number of carbonyl (C=O) groups is 1. The van der Waals surface area contributed by atoms with Crippen LogP contribution in [-0.2, 0) is 4.79 Å². The monoisotopic (exact) mass is 448 g/mol. The van der Waals surface area contributed by atoms with Crippen molar-refractivity contribution in [3.05, 3.63) is 86.6 Å². The molecule has 1 aliphatic heterocycles. The summed E-state index contributed by atoms with van der Waals surface area (Å²) in [5.74, 6) is 0.893. The van der Waals surface area contributed by atoms with Crippen LogP contribution >= 0.6 is 11.6 Å². The maximum atomic E-state index is 13.3. The van der Waals surface area contributed by atoms with Gasteiger partial charge in [0.15, 0.2) is 5.78 Å². The van der Waals surface area contributed by atoms with E-state index in [1.807, 2.05) is 35.0 Å². The van der Waals surface area contributed by atoms with Gasteiger partial charge in [-0.25, -0.2) is 4.68 Å². The smallest absolute Gasteiger partial charge is 0.269 e. The number of ketones is 1. The molecule has 2 aliphatic rings. The summed E-state index contributed by atoms with van der Waals surface area (Å²) >= 11 is 6.11. The lowest BCUT2D eigenvalue weighted by molar-refractivity contribution is -0.384. The van der Waals surface area contributed by atoms with Crippen molar-refractivity contribution < 1.29 is 9.72 Å². The molecule has 0 fully saturated rings. The lowest BCUT2D eigenvalue weighted by Crippen LogP contribution is -2.36. The number of allylic oxidation sites excluding steroid dienone is 2. The summed E-state index contributed by atoms with van der Waals surface area (Å²) in [4.78, 5) is 23.8. The van der Waals surface area contributed by atoms with Crippen LogP contribution in [0.1, 0.15) is 38.3 Å². The fraction of sp³-hybridized carbons (Fsp3) is 0.250. The molecule has 1 atom stereocenters. The molecule has 7 nitrogen and oxygen atoms in total. The maximum Gasteiger partial charge on any atom is 0.269 e. The first-order valence-electron chi connectivity index (χ1n) is 10.3. The summed E-state index contributed by atoms with van der Waals surface area (Å²) in [5, 5.41) is 19.9. The Morgan fingerprint density at radius 3 is 2.47 bits per heavy atom. The minimum absolute atomic E-state index is 0.0276. The second-order valence-corrected chi connectivity index (χ2v) is 9.51. The van der Waals surface area contributed by atoms with Crippen LogP contribution in [0.5, 0.6) is 0 Å². The van der Waals surface area contributed by atoms with Gasteiger partial charge >= 0.3 is 0 Å². The molecule has 0 bridgehead atoms. The molecule has 8 heteroatoms. The van der Waals surface area contributed by atoms with Crippen LogP contribution in [0.15, 0.2) is 65.9 Å². The Morgan fingerprint density at radius 1 is 1.12 bits per heavy atom. The summed E-state index contributed by atoms with van der Waals surface area (Å²) in [6.07, 6.45) is 1.24. The zero-order valence-electron chi connectivity index (χ0n) is 17.6. The van der Waals surface area contributed by atoms with Crippen molar-refractivity contribution >= 4 is 28.9 Å². The van der Waals surface area contributed by atoms with E-state index in [4.69, 9.17) is 16.7 Å². The highest BCUT2D eigenvalue weighted by Crippen LogP contribution is 2.46. The van der Waals surface area contributed by atoms with E-state index in [-0.39, 0.29) is 22.9 Å². The van der Waals surface area contributed by atoms with Crippen LogP contribution in [0, 0.1) is 15.5 Å². The van der Waals surface area contributed by atoms with Crippen molar-refractivity contribution in [3.63, 3.8) is 0 Å². The molecule has 162 valence electrons. The number of nitrogens with one attached hydrogen (secondary N) is 1. The number of nitrogens with zero attached hydrogens (tertiary/aromatic N) is 3. The number of benzene rings is 2. The number of hydrogen-bond donors (Lipinski definition) is 1. The molecular formula is C24H21ClN4O3. The number of fused-ring (bicyclic) bond motifs is 1. The number of nitro benzene ring substituents is 1. The summed E-state index contributed by atoms with van der Waals surface area (Å²) in [6, 6.07) is 15.3.